The smallest absolute Gasteiger partial charge is 0.0710 e. The van der Waals surface area contributed by atoms with Gasteiger partial charge in [0.1, 0.15) is 0 Å². The van der Waals surface area contributed by atoms with Crippen molar-refractivity contribution in [3.05, 3.63) is 23.8 Å². The minimum absolute atomic E-state index is 0.0706. The molecule has 0 aromatic heterocycles. The molecule has 2 aliphatic carbocycles. The van der Waals surface area contributed by atoms with E-state index < -0.39 is 0 Å². The van der Waals surface area contributed by atoms with Crippen molar-refractivity contribution >= 4 is 0 Å². The topological polar surface area (TPSA) is 23.8 Å². The highest BCUT2D eigenvalue weighted by Crippen LogP contribution is 2.48. The number of allylic oxidation sites excluding steroid dienone is 4. The van der Waals surface area contributed by atoms with Gasteiger partial charge in [-0.1, -0.05) is 23.8 Å². The van der Waals surface area contributed by atoms with Gasteiger partial charge in [0.05, 0.1) is 11.5 Å². The second-order valence-corrected chi connectivity index (χ2v) is 3.95. The second kappa shape index (κ2) is 2.48. The predicted molar refractivity (Wildman–Crippen MR) is 48.3 cm³/mol. The average Bonchev–Trinajstić information content (AvgIpc) is 2.41. The van der Waals surface area contributed by atoms with Crippen molar-refractivity contribution in [2.75, 3.05) is 0 Å². The normalized spacial score (nSPS) is 38.7. The molecule has 0 aromatic rings. The summed E-state index contributed by atoms with van der Waals surface area (Å²) < 4.78 is 0. The Morgan fingerprint density at radius 2 is 2.50 bits per heavy atom. The molecule has 0 saturated heterocycles. The van der Waals surface area contributed by atoms with Crippen LogP contribution in [0.2, 0.25) is 0 Å². The van der Waals surface area contributed by atoms with E-state index in [4.69, 9.17) is 5.26 Å². The van der Waals surface area contributed by atoms with Crippen LogP contribution in [0.5, 0.6) is 0 Å². The lowest BCUT2D eigenvalue weighted by atomic mass is 9.72. The van der Waals surface area contributed by atoms with Gasteiger partial charge in [0.15, 0.2) is 0 Å². The van der Waals surface area contributed by atoms with E-state index in [1.54, 1.807) is 0 Å². The first-order valence-electron chi connectivity index (χ1n) is 4.52. The average molecular weight is 159 g/mol. The fourth-order valence-electron chi connectivity index (χ4n) is 2.39. The summed E-state index contributed by atoms with van der Waals surface area (Å²) in [7, 11) is 0. The Hall–Kier alpha value is -1.03. The van der Waals surface area contributed by atoms with Gasteiger partial charge in [0.2, 0.25) is 0 Å². The Labute approximate surface area is 73.4 Å². The molecule has 0 aromatic carbocycles. The van der Waals surface area contributed by atoms with Gasteiger partial charge in [-0.05, 0) is 26.2 Å². The minimum Gasteiger partial charge on any atom is -0.198 e. The van der Waals surface area contributed by atoms with E-state index >= 15 is 0 Å². The van der Waals surface area contributed by atoms with E-state index in [1.807, 2.05) is 0 Å². The third-order valence-corrected chi connectivity index (χ3v) is 3.02. The molecule has 2 aliphatic rings. The maximum atomic E-state index is 9.15. The van der Waals surface area contributed by atoms with Crippen molar-refractivity contribution in [3.63, 3.8) is 0 Å². The van der Waals surface area contributed by atoms with E-state index in [0.29, 0.717) is 5.92 Å². The fourth-order valence-corrected chi connectivity index (χ4v) is 2.39. The van der Waals surface area contributed by atoms with Gasteiger partial charge in [-0.3, -0.25) is 0 Å². The summed E-state index contributed by atoms with van der Waals surface area (Å²) in [6.07, 6.45) is 9.75. The molecule has 1 nitrogen and oxygen atoms in total. The maximum absolute atomic E-state index is 9.15. The zero-order chi connectivity index (χ0) is 8.60. The molecule has 0 fully saturated rings. The number of nitrogens with zero attached hydrogens (tertiary/aromatic N) is 1. The molecule has 2 rings (SSSR count). The first-order valence-corrected chi connectivity index (χ1v) is 4.52. The van der Waals surface area contributed by atoms with Gasteiger partial charge >= 0.3 is 0 Å². The second-order valence-electron chi connectivity index (χ2n) is 3.95. The number of hydrogen-bond acceptors (Lipinski definition) is 1. The standard InChI is InChI=1S/C11H13N/c1-9-6-10-4-2-3-5-11(10,7-9)8-12/h2,4,6,10H,3,5,7H2,1H3. The van der Waals surface area contributed by atoms with Crippen LogP contribution in [0.3, 0.4) is 0 Å². The van der Waals surface area contributed by atoms with E-state index in [1.165, 1.54) is 5.57 Å². The molecule has 0 amide bonds. The molecule has 0 aliphatic heterocycles. The molecule has 2 atom stereocenters. The zero-order valence-corrected chi connectivity index (χ0v) is 7.38. The summed E-state index contributed by atoms with van der Waals surface area (Å²) in [6.45, 7) is 2.13. The van der Waals surface area contributed by atoms with Crippen molar-refractivity contribution in [3.8, 4) is 6.07 Å². The molecule has 1 heteroatoms. The third kappa shape index (κ3) is 0.914. The Morgan fingerprint density at radius 1 is 1.67 bits per heavy atom. The van der Waals surface area contributed by atoms with Crippen LogP contribution in [0.15, 0.2) is 23.8 Å². The lowest BCUT2D eigenvalue weighted by Crippen LogP contribution is -2.25. The summed E-state index contributed by atoms with van der Waals surface area (Å²) in [6, 6.07) is 2.51. The third-order valence-electron chi connectivity index (χ3n) is 3.02. The fraction of sp³-hybridized carbons (Fsp3) is 0.545. The first-order chi connectivity index (χ1) is 5.77. The van der Waals surface area contributed by atoms with Crippen LogP contribution in [0, 0.1) is 22.7 Å². The summed E-state index contributed by atoms with van der Waals surface area (Å²) in [5.74, 6) is 0.399. The Balaban J connectivity index is 2.36. The number of fused-ring (bicyclic) bond motifs is 1. The molecule has 0 N–H and O–H groups in total. The lowest BCUT2D eigenvalue weighted by molar-refractivity contribution is 0.316. The lowest BCUT2D eigenvalue weighted by Gasteiger charge is -2.29. The monoisotopic (exact) mass is 159 g/mol. The van der Waals surface area contributed by atoms with Crippen molar-refractivity contribution in [1.29, 1.82) is 5.26 Å². The molecule has 12 heavy (non-hydrogen) atoms. The van der Waals surface area contributed by atoms with Gasteiger partial charge in [-0.15, -0.1) is 0 Å². The molecule has 0 radical (unpaired) electrons. The van der Waals surface area contributed by atoms with E-state index in [2.05, 4.69) is 31.2 Å². The molecule has 0 bridgehead atoms. The van der Waals surface area contributed by atoms with Crippen LogP contribution in [0.25, 0.3) is 0 Å². The van der Waals surface area contributed by atoms with Crippen molar-refractivity contribution in [2.24, 2.45) is 11.3 Å². The highest BCUT2D eigenvalue weighted by atomic mass is 14.5. The molecular formula is C11H13N. The number of rotatable bonds is 0. The van der Waals surface area contributed by atoms with Gasteiger partial charge in [0.25, 0.3) is 0 Å². The van der Waals surface area contributed by atoms with Crippen LogP contribution in [-0.4, -0.2) is 0 Å². The molecule has 0 heterocycles. The van der Waals surface area contributed by atoms with Gasteiger partial charge in [0, 0.05) is 5.92 Å². The van der Waals surface area contributed by atoms with Crippen LogP contribution in [-0.2, 0) is 0 Å². The van der Waals surface area contributed by atoms with Crippen LogP contribution >= 0.6 is 0 Å². The van der Waals surface area contributed by atoms with Gasteiger partial charge < -0.3 is 0 Å². The minimum atomic E-state index is -0.0706. The molecule has 62 valence electrons. The molecule has 0 spiro atoms. The van der Waals surface area contributed by atoms with Gasteiger partial charge in [-0.2, -0.15) is 5.26 Å². The molecule has 0 saturated carbocycles. The molecular weight excluding hydrogens is 146 g/mol. The van der Waals surface area contributed by atoms with E-state index in [0.717, 1.165) is 19.3 Å². The van der Waals surface area contributed by atoms with Crippen LogP contribution in [0.4, 0.5) is 0 Å². The Bertz CT molecular complexity index is 293. The SMILES string of the molecule is CC1=CC2C=CCCC2(C#N)C1. The van der Waals surface area contributed by atoms with Crippen molar-refractivity contribution < 1.29 is 0 Å². The summed E-state index contributed by atoms with van der Waals surface area (Å²) in [5.41, 5.74) is 1.31. The summed E-state index contributed by atoms with van der Waals surface area (Å²) in [5, 5.41) is 9.15. The van der Waals surface area contributed by atoms with E-state index in [-0.39, 0.29) is 5.41 Å². The van der Waals surface area contributed by atoms with Crippen LogP contribution < -0.4 is 0 Å². The Morgan fingerprint density at radius 3 is 3.17 bits per heavy atom. The highest BCUT2D eigenvalue weighted by Gasteiger charge is 2.41. The van der Waals surface area contributed by atoms with E-state index in [9.17, 15) is 0 Å². The predicted octanol–water partition coefficient (Wildman–Crippen LogP) is 2.81. The summed E-state index contributed by atoms with van der Waals surface area (Å²) in [4.78, 5) is 0. The van der Waals surface area contributed by atoms with Crippen LogP contribution in [0.1, 0.15) is 26.2 Å². The van der Waals surface area contributed by atoms with Gasteiger partial charge in [-0.25, -0.2) is 0 Å². The van der Waals surface area contributed by atoms with Crippen molar-refractivity contribution in [1.82, 2.24) is 0 Å². The molecule has 2 unspecified atom stereocenters. The van der Waals surface area contributed by atoms with Crippen molar-refractivity contribution in [2.45, 2.75) is 26.2 Å². The first kappa shape index (κ1) is 7.61. The zero-order valence-electron chi connectivity index (χ0n) is 7.38. The largest absolute Gasteiger partial charge is 0.198 e. The quantitative estimate of drug-likeness (QED) is 0.498. The number of hydrogen-bond donors (Lipinski definition) is 0. The summed E-state index contributed by atoms with van der Waals surface area (Å²) >= 11 is 0. The highest BCUT2D eigenvalue weighted by molar-refractivity contribution is 5.29. The number of nitriles is 1. The Kier molecular flexibility index (Phi) is 1.58. The maximum Gasteiger partial charge on any atom is 0.0710 e.